The van der Waals surface area contributed by atoms with Crippen LogP contribution in [0.1, 0.15) is 194 Å². The van der Waals surface area contributed by atoms with Crippen LogP contribution in [0.2, 0.25) is 0 Å². The second kappa shape index (κ2) is 46.6. The molecule has 0 aromatic carbocycles. The summed E-state index contributed by atoms with van der Waals surface area (Å²) >= 11 is 0. The van der Waals surface area contributed by atoms with Crippen LogP contribution >= 0.6 is 0 Å². The van der Waals surface area contributed by atoms with E-state index in [0.29, 0.717) is 19.3 Å². The molecule has 2 fully saturated rings. The molecule has 0 bridgehead atoms. The second-order valence-electron chi connectivity index (χ2n) is 20.1. The second-order valence-corrected chi connectivity index (χ2v) is 20.1. The summed E-state index contributed by atoms with van der Waals surface area (Å²) in [7, 11) is 0. The van der Waals surface area contributed by atoms with Gasteiger partial charge < -0.3 is 64.2 Å². The molecule has 15 nitrogen and oxygen atoms in total. The monoisotopic (exact) mass is 1070 g/mol. The largest absolute Gasteiger partial charge is 0.462 e. The normalized spacial score (nSPS) is 25.0. The first-order valence-corrected chi connectivity index (χ1v) is 29.2. The van der Waals surface area contributed by atoms with Gasteiger partial charge in [0.15, 0.2) is 18.7 Å². The molecule has 0 amide bonds. The van der Waals surface area contributed by atoms with Crippen molar-refractivity contribution in [2.45, 2.75) is 261 Å². The lowest BCUT2D eigenvalue weighted by Gasteiger charge is -2.42. The number of unbranched alkanes of at least 4 members (excludes halogenated alkanes) is 17. The van der Waals surface area contributed by atoms with Crippen LogP contribution in [-0.4, -0.2) is 142 Å². The molecule has 2 heterocycles. The van der Waals surface area contributed by atoms with Crippen molar-refractivity contribution in [3.8, 4) is 0 Å². The molecule has 0 spiro atoms. The molecule has 0 aromatic rings. The fourth-order valence-corrected chi connectivity index (χ4v) is 8.65. The number of carbonyl (C=O) groups excluding carboxylic acids is 2. The lowest BCUT2D eigenvalue weighted by molar-refractivity contribution is -0.332. The molecule has 7 N–H and O–H groups in total. The summed E-state index contributed by atoms with van der Waals surface area (Å²) in [6.45, 7) is 2.41. The number of hydrogen-bond acceptors (Lipinski definition) is 15. The molecule has 11 atom stereocenters. The third-order valence-corrected chi connectivity index (χ3v) is 13.4. The summed E-state index contributed by atoms with van der Waals surface area (Å²) in [6, 6.07) is 0. The number of aliphatic hydroxyl groups is 7. The van der Waals surface area contributed by atoms with Gasteiger partial charge in [0.05, 0.1) is 19.8 Å². The van der Waals surface area contributed by atoms with Gasteiger partial charge in [0.25, 0.3) is 0 Å². The van der Waals surface area contributed by atoms with Crippen molar-refractivity contribution in [3.05, 3.63) is 85.1 Å². The van der Waals surface area contributed by atoms with Crippen LogP contribution in [0.3, 0.4) is 0 Å². The molecular formula is C61H102O15. The number of rotatable bonds is 45. The molecule has 2 aliphatic rings. The van der Waals surface area contributed by atoms with Gasteiger partial charge in [0, 0.05) is 12.8 Å². The van der Waals surface area contributed by atoms with Gasteiger partial charge in [-0.3, -0.25) is 9.59 Å². The first-order chi connectivity index (χ1) is 37.0. The summed E-state index contributed by atoms with van der Waals surface area (Å²) in [5, 5.41) is 72.3. The number of aliphatic hydroxyl groups excluding tert-OH is 7. The highest BCUT2D eigenvalue weighted by atomic mass is 16.7. The number of allylic oxidation sites excluding steroid dienone is 14. The summed E-state index contributed by atoms with van der Waals surface area (Å²) in [4.78, 5) is 25.9. The van der Waals surface area contributed by atoms with E-state index >= 15 is 0 Å². The lowest BCUT2D eigenvalue weighted by atomic mass is 9.98. The number of hydrogen-bond donors (Lipinski definition) is 7. The Morgan fingerprint density at radius 1 is 0.434 bits per heavy atom. The summed E-state index contributed by atoms with van der Waals surface area (Å²) in [5.74, 6) is -1.03. The van der Waals surface area contributed by atoms with Crippen molar-refractivity contribution in [1.82, 2.24) is 0 Å². The number of carbonyl (C=O) groups is 2. The zero-order chi connectivity index (χ0) is 55.3. The Bertz CT molecular complexity index is 1640. The Labute approximate surface area is 456 Å². The van der Waals surface area contributed by atoms with Crippen LogP contribution in [0.15, 0.2) is 85.1 Å². The molecule has 0 aliphatic carbocycles. The van der Waals surface area contributed by atoms with Gasteiger partial charge in [-0.25, -0.2) is 0 Å². The van der Waals surface area contributed by atoms with Gasteiger partial charge in [0.1, 0.15) is 55.4 Å². The van der Waals surface area contributed by atoms with Gasteiger partial charge in [0.2, 0.25) is 0 Å². The minimum Gasteiger partial charge on any atom is -0.462 e. The highest BCUT2D eigenvalue weighted by molar-refractivity contribution is 5.70. The highest BCUT2D eigenvalue weighted by Gasteiger charge is 2.47. The third-order valence-electron chi connectivity index (χ3n) is 13.4. The van der Waals surface area contributed by atoms with Crippen molar-refractivity contribution in [2.24, 2.45) is 0 Å². The topological polar surface area (TPSA) is 231 Å². The summed E-state index contributed by atoms with van der Waals surface area (Å²) in [6.07, 6.45) is 41.9. The molecule has 2 saturated heterocycles. The summed E-state index contributed by atoms with van der Waals surface area (Å²) in [5.41, 5.74) is 0. The number of esters is 2. The van der Waals surface area contributed by atoms with Gasteiger partial charge >= 0.3 is 11.9 Å². The predicted molar refractivity (Wildman–Crippen MR) is 298 cm³/mol. The quantitative estimate of drug-likeness (QED) is 0.0171. The maximum atomic E-state index is 13.0. The Kier molecular flexibility index (Phi) is 42.2. The molecule has 0 saturated carbocycles. The van der Waals surface area contributed by atoms with Crippen molar-refractivity contribution < 1.29 is 73.8 Å². The van der Waals surface area contributed by atoms with E-state index in [2.05, 4.69) is 86.8 Å². The Hall–Kier alpha value is -3.32. The Balaban J connectivity index is 1.79. The molecule has 0 aromatic heterocycles. The average Bonchev–Trinajstić information content (AvgIpc) is 3.41. The Morgan fingerprint density at radius 3 is 1.36 bits per heavy atom. The van der Waals surface area contributed by atoms with Crippen molar-refractivity contribution in [2.75, 3.05) is 26.4 Å². The van der Waals surface area contributed by atoms with Gasteiger partial charge in [-0.1, -0.05) is 189 Å². The average molecular weight is 1080 g/mol. The predicted octanol–water partition coefficient (Wildman–Crippen LogP) is 9.94. The lowest BCUT2D eigenvalue weighted by Crippen LogP contribution is -2.61. The maximum Gasteiger partial charge on any atom is 0.306 e. The minimum atomic E-state index is -1.78. The van der Waals surface area contributed by atoms with E-state index in [1.165, 1.54) is 89.9 Å². The smallest absolute Gasteiger partial charge is 0.306 e. The van der Waals surface area contributed by atoms with Gasteiger partial charge in [-0.05, 0) is 77.0 Å². The van der Waals surface area contributed by atoms with E-state index < -0.39 is 99.3 Å². The molecular weight excluding hydrogens is 973 g/mol. The van der Waals surface area contributed by atoms with E-state index in [4.69, 9.17) is 28.4 Å². The molecule has 15 heteroatoms. The van der Waals surface area contributed by atoms with E-state index in [-0.39, 0.29) is 19.4 Å². The summed E-state index contributed by atoms with van der Waals surface area (Å²) < 4.78 is 33.6. The fraction of sp³-hybridized carbons (Fsp3) is 0.738. The standard InChI is InChI=1S/C61H102O15/c1-3-5-7-9-11-13-15-17-19-21-23-24-26-27-29-31-33-35-37-39-41-43-52(63)71-46-49(74-53(64)44-42-40-38-36-34-32-30-28-25-22-20-18-16-14-12-10-8-6-4-2)47-72-60-59(70)57(68)55(66)51(76-60)48-73-61-58(69)56(67)54(65)50(45-62)75-61/h6,8,12,14,18,20-21,23,25,28,32,34,38,40,49-51,54-62,65-70H,3-5,7,9-11,13,15-17,19,22,24,26-27,29-31,33,35-37,39,41-48H2,1-2H3/b8-6-,14-12-,20-18-,23-21-,28-25-,34-32-,40-38-. The Morgan fingerprint density at radius 2 is 0.855 bits per heavy atom. The van der Waals surface area contributed by atoms with Crippen LogP contribution in [0.4, 0.5) is 0 Å². The third kappa shape index (κ3) is 33.2. The fourth-order valence-electron chi connectivity index (χ4n) is 8.65. The van der Waals surface area contributed by atoms with Gasteiger partial charge in [-0.2, -0.15) is 0 Å². The van der Waals surface area contributed by atoms with E-state index in [0.717, 1.165) is 57.8 Å². The molecule has 436 valence electrons. The van der Waals surface area contributed by atoms with Crippen LogP contribution in [0.5, 0.6) is 0 Å². The first-order valence-electron chi connectivity index (χ1n) is 29.2. The zero-order valence-electron chi connectivity index (χ0n) is 46.5. The minimum absolute atomic E-state index is 0.0359. The van der Waals surface area contributed by atoms with E-state index in [1.807, 2.05) is 12.2 Å². The SMILES string of the molecule is CC/C=C\C/C=C\C/C=C\C/C=C\C/C=C\C/C=C\CCC(=O)OC(COC(=O)CCCCCCCCCCC/C=C\CCCCCCCCCC)COC1OC(COC2OC(CO)C(O)C(O)C2O)C(O)C(O)C1O. The van der Waals surface area contributed by atoms with E-state index in [9.17, 15) is 45.3 Å². The molecule has 76 heavy (non-hydrogen) atoms. The maximum absolute atomic E-state index is 13.0. The van der Waals surface area contributed by atoms with Crippen LogP contribution < -0.4 is 0 Å². The van der Waals surface area contributed by atoms with Crippen molar-refractivity contribution in [1.29, 1.82) is 0 Å². The molecule has 2 rings (SSSR count). The van der Waals surface area contributed by atoms with E-state index in [1.54, 1.807) is 0 Å². The molecule has 2 aliphatic heterocycles. The molecule has 0 radical (unpaired) electrons. The highest BCUT2D eigenvalue weighted by Crippen LogP contribution is 2.26. The van der Waals surface area contributed by atoms with Crippen molar-refractivity contribution in [3.63, 3.8) is 0 Å². The van der Waals surface area contributed by atoms with Crippen LogP contribution in [0.25, 0.3) is 0 Å². The zero-order valence-corrected chi connectivity index (χ0v) is 46.5. The van der Waals surface area contributed by atoms with Crippen molar-refractivity contribution >= 4 is 11.9 Å². The van der Waals surface area contributed by atoms with Crippen LogP contribution in [0, 0.1) is 0 Å². The van der Waals surface area contributed by atoms with Gasteiger partial charge in [-0.15, -0.1) is 0 Å². The van der Waals surface area contributed by atoms with Crippen LogP contribution in [-0.2, 0) is 38.0 Å². The number of ether oxygens (including phenoxy) is 6. The molecule has 11 unspecified atom stereocenters. The first kappa shape index (κ1) is 68.8.